The van der Waals surface area contributed by atoms with Crippen LogP contribution in [-0.4, -0.2) is 57.4 Å². The second-order valence-electron chi connectivity index (χ2n) is 10.2. The molecule has 0 unspecified atom stereocenters. The van der Waals surface area contributed by atoms with Crippen LogP contribution in [0.5, 0.6) is 11.5 Å². The Morgan fingerprint density at radius 3 is 2.49 bits per heavy atom. The van der Waals surface area contributed by atoms with Gasteiger partial charge in [-0.15, -0.1) is 5.10 Å². The maximum absolute atomic E-state index is 13.6. The molecule has 0 radical (unpaired) electrons. The van der Waals surface area contributed by atoms with Crippen molar-refractivity contribution in [1.82, 2.24) is 30.1 Å². The van der Waals surface area contributed by atoms with Gasteiger partial charge in [-0.3, -0.25) is 9.69 Å². The largest absolute Gasteiger partial charge is 0.493 e. The molecule has 1 fully saturated rings. The minimum absolute atomic E-state index is 0.200. The molecule has 2 aromatic heterocycles. The summed E-state index contributed by atoms with van der Waals surface area (Å²) in [6.07, 6.45) is 7.22. The maximum atomic E-state index is 13.6. The first kappa shape index (κ1) is 25.2. The Labute approximate surface area is 225 Å². The van der Waals surface area contributed by atoms with Gasteiger partial charge in [0.1, 0.15) is 11.9 Å². The highest BCUT2D eigenvalue weighted by molar-refractivity contribution is 5.83. The van der Waals surface area contributed by atoms with Crippen LogP contribution in [0.15, 0.2) is 53.3 Å². The number of ether oxygens (including phenoxy) is 2. The maximum Gasteiger partial charge on any atom is 0.253 e. The minimum Gasteiger partial charge on any atom is -0.493 e. The minimum atomic E-state index is -0.451. The molecular weight excluding hydrogens is 499 g/mol. The van der Waals surface area contributed by atoms with E-state index in [4.69, 9.17) is 9.47 Å². The first-order valence-corrected chi connectivity index (χ1v) is 13.3. The third-order valence-corrected chi connectivity index (χ3v) is 7.93. The Hall–Kier alpha value is -4.05. The van der Waals surface area contributed by atoms with E-state index in [9.17, 15) is 9.18 Å². The van der Waals surface area contributed by atoms with E-state index in [0.29, 0.717) is 41.5 Å². The number of H-pyrrole nitrogens is 1. The number of benzene rings is 2. The molecule has 0 spiro atoms. The Bertz CT molecular complexity index is 1570. The number of nitrogens with zero attached hydrogens (tertiary/aromatic N) is 5. The zero-order valence-electron chi connectivity index (χ0n) is 22.1. The van der Waals surface area contributed by atoms with Gasteiger partial charge < -0.3 is 14.5 Å². The van der Waals surface area contributed by atoms with Crippen LogP contribution >= 0.6 is 0 Å². The molecule has 1 atom stereocenters. The zero-order valence-corrected chi connectivity index (χ0v) is 22.1. The van der Waals surface area contributed by atoms with Crippen molar-refractivity contribution in [3.05, 3.63) is 81.7 Å². The summed E-state index contributed by atoms with van der Waals surface area (Å²) < 4.78 is 26.3. The fraction of sp³-hybridized carbons (Fsp3) is 0.379. The van der Waals surface area contributed by atoms with Gasteiger partial charge in [0.05, 0.1) is 25.8 Å². The van der Waals surface area contributed by atoms with E-state index in [1.54, 1.807) is 20.3 Å². The van der Waals surface area contributed by atoms with Crippen molar-refractivity contribution >= 4 is 16.5 Å². The lowest BCUT2D eigenvalue weighted by Crippen LogP contribution is -2.38. The van der Waals surface area contributed by atoms with Crippen molar-refractivity contribution in [3.63, 3.8) is 0 Å². The molecule has 3 heterocycles. The average Bonchev–Trinajstić information content (AvgIpc) is 3.66. The van der Waals surface area contributed by atoms with Crippen molar-refractivity contribution in [1.29, 1.82) is 0 Å². The number of nitrogens with one attached hydrogen (secondary N) is 1. The third kappa shape index (κ3) is 4.80. The summed E-state index contributed by atoms with van der Waals surface area (Å²) in [6, 6.07) is 11.9. The van der Waals surface area contributed by atoms with Crippen LogP contribution in [-0.2, 0) is 0 Å². The molecule has 10 heteroatoms. The van der Waals surface area contributed by atoms with Gasteiger partial charge in [0.2, 0.25) is 0 Å². The normalized spacial score (nSPS) is 17.4. The molecule has 0 bridgehead atoms. The molecule has 0 saturated heterocycles. The summed E-state index contributed by atoms with van der Waals surface area (Å²) in [4.78, 5) is 18.9. The fourth-order valence-corrected chi connectivity index (χ4v) is 5.89. The highest BCUT2D eigenvalue weighted by Gasteiger charge is 2.34. The van der Waals surface area contributed by atoms with Crippen LogP contribution in [0, 0.1) is 5.82 Å². The van der Waals surface area contributed by atoms with E-state index in [-0.39, 0.29) is 17.4 Å². The summed E-state index contributed by atoms with van der Waals surface area (Å²) >= 11 is 0. The number of halogens is 1. The Morgan fingerprint density at radius 2 is 1.79 bits per heavy atom. The average molecular weight is 531 g/mol. The lowest BCUT2D eigenvalue weighted by Gasteiger charge is -2.33. The van der Waals surface area contributed by atoms with Gasteiger partial charge in [-0.2, -0.15) is 0 Å². The van der Waals surface area contributed by atoms with Crippen molar-refractivity contribution in [2.45, 2.75) is 44.2 Å². The number of hydrogen-bond acceptors (Lipinski definition) is 7. The van der Waals surface area contributed by atoms with Gasteiger partial charge in [0, 0.05) is 30.1 Å². The van der Waals surface area contributed by atoms with Gasteiger partial charge >= 0.3 is 0 Å². The van der Waals surface area contributed by atoms with Crippen LogP contribution in [0.4, 0.5) is 4.39 Å². The van der Waals surface area contributed by atoms with Crippen molar-refractivity contribution in [2.75, 3.05) is 27.3 Å². The topological polar surface area (TPSA) is 98.2 Å². The van der Waals surface area contributed by atoms with Crippen LogP contribution in [0.2, 0.25) is 0 Å². The first-order valence-electron chi connectivity index (χ1n) is 13.3. The van der Waals surface area contributed by atoms with Gasteiger partial charge in [0.15, 0.2) is 17.3 Å². The molecule has 9 nitrogen and oxygen atoms in total. The molecule has 6 rings (SSSR count). The van der Waals surface area contributed by atoms with Gasteiger partial charge in [-0.1, -0.05) is 31.1 Å². The first-order chi connectivity index (χ1) is 19.1. The molecule has 2 aromatic carbocycles. The molecular formula is C29H31FN6O3. The monoisotopic (exact) mass is 530 g/mol. The lowest BCUT2D eigenvalue weighted by molar-refractivity contribution is 0.229. The van der Waals surface area contributed by atoms with Gasteiger partial charge in [-0.05, 0) is 65.1 Å². The van der Waals surface area contributed by atoms with Crippen molar-refractivity contribution in [2.24, 2.45) is 0 Å². The second kappa shape index (κ2) is 10.6. The molecule has 0 amide bonds. The number of hydrogen-bond donors (Lipinski definition) is 1. The van der Waals surface area contributed by atoms with Gasteiger partial charge in [0.25, 0.3) is 5.56 Å². The summed E-state index contributed by atoms with van der Waals surface area (Å²) in [6.45, 7) is 1.28. The standard InChI is InChI=1S/C29H31FN6O3/c1-38-25-16-20-15-23(29(37)31-24(20)17-26(25)39-2)27(28-32-33-34-36(28)22-5-3-4-6-22)35-13-11-19(12-14-35)18-7-9-21(30)10-8-18/h7-11,15-17,22,27H,3-6,12-14H2,1-2H3,(H,31,37)/t27-/m1/s1. The number of methoxy groups -OCH3 is 2. The summed E-state index contributed by atoms with van der Waals surface area (Å²) in [5, 5.41) is 13.7. The quantitative estimate of drug-likeness (QED) is 0.371. The number of rotatable bonds is 7. The molecule has 1 N–H and O–H groups in total. The predicted molar refractivity (Wildman–Crippen MR) is 145 cm³/mol. The summed E-state index contributed by atoms with van der Waals surface area (Å²) in [5.74, 6) is 1.55. The second-order valence-corrected chi connectivity index (χ2v) is 10.2. The Kier molecular flexibility index (Phi) is 6.86. The van der Waals surface area contributed by atoms with Crippen LogP contribution in [0.25, 0.3) is 16.5 Å². The van der Waals surface area contributed by atoms with E-state index in [0.717, 1.165) is 48.6 Å². The molecule has 39 heavy (non-hydrogen) atoms. The van der Waals surface area contributed by atoms with E-state index < -0.39 is 6.04 Å². The zero-order chi connectivity index (χ0) is 26.9. The van der Waals surface area contributed by atoms with E-state index in [1.165, 1.54) is 12.1 Å². The highest BCUT2D eigenvalue weighted by atomic mass is 19.1. The molecule has 1 saturated carbocycles. The van der Waals surface area contributed by atoms with Crippen molar-refractivity contribution in [3.8, 4) is 11.5 Å². The summed E-state index contributed by atoms with van der Waals surface area (Å²) in [5.41, 5.74) is 3.20. The molecule has 1 aliphatic heterocycles. The van der Waals surface area contributed by atoms with E-state index >= 15 is 0 Å². The van der Waals surface area contributed by atoms with E-state index in [2.05, 4.69) is 31.5 Å². The number of aromatic amines is 1. The van der Waals surface area contributed by atoms with Crippen LogP contribution < -0.4 is 15.0 Å². The number of fused-ring (bicyclic) bond motifs is 1. The lowest BCUT2D eigenvalue weighted by atomic mass is 9.96. The highest BCUT2D eigenvalue weighted by Crippen LogP contribution is 2.37. The number of aromatic nitrogens is 5. The van der Waals surface area contributed by atoms with Crippen LogP contribution in [0.3, 0.4) is 0 Å². The SMILES string of the molecule is COc1cc2cc([C@H](c3nnnn3C3CCCC3)N3CC=C(c4ccc(F)cc4)CC3)c(=O)[nH]c2cc1OC. The van der Waals surface area contributed by atoms with Gasteiger partial charge in [-0.25, -0.2) is 9.07 Å². The Morgan fingerprint density at radius 1 is 1.05 bits per heavy atom. The summed E-state index contributed by atoms with van der Waals surface area (Å²) in [7, 11) is 3.16. The smallest absolute Gasteiger partial charge is 0.253 e. The van der Waals surface area contributed by atoms with E-state index in [1.807, 2.05) is 28.9 Å². The Balaban J connectivity index is 1.44. The van der Waals surface area contributed by atoms with Crippen LogP contribution in [0.1, 0.15) is 61.1 Å². The van der Waals surface area contributed by atoms with Crippen molar-refractivity contribution < 1.29 is 13.9 Å². The molecule has 4 aromatic rings. The third-order valence-electron chi connectivity index (χ3n) is 7.93. The fourth-order valence-electron chi connectivity index (χ4n) is 5.89. The molecule has 202 valence electrons. The number of tetrazole rings is 1. The number of pyridine rings is 1. The molecule has 2 aliphatic rings. The predicted octanol–water partition coefficient (Wildman–Crippen LogP) is 4.66. The molecule has 1 aliphatic carbocycles.